The van der Waals surface area contributed by atoms with Crippen molar-refractivity contribution in [2.75, 3.05) is 18.6 Å². The smallest absolute Gasteiger partial charge is 0.121 e. The van der Waals surface area contributed by atoms with Gasteiger partial charge in [0.15, 0.2) is 0 Å². The summed E-state index contributed by atoms with van der Waals surface area (Å²) < 4.78 is 5.62. The van der Waals surface area contributed by atoms with Crippen LogP contribution in [0.15, 0.2) is 54.6 Å². The highest BCUT2D eigenvalue weighted by Crippen LogP contribution is 2.47. The molecule has 0 N–H and O–H groups in total. The van der Waals surface area contributed by atoms with Crippen LogP contribution in [-0.2, 0) is 6.42 Å². The average Bonchev–Trinajstić information content (AvgIpc) is 2.67. The normalized spacial score (nSPS) is 16.0. The number of methoxy groups -OCH3 is 1. The first-order valence-corrected chi connectivity index (χ1v) is 10.3. The van der Waals surface area contributed by atoms with Crippen molar-refractivity contribution < 1.29 is 4.74 Å². The van der Waals surface area contributed by atoms with E-state index in [1.54, 1.807) is 7.11 Å². The second-order valence-corrected chi connectivity index (χ2v) is 8.36. The minimum Gasteiger partial charge on any atom is -0.497 e. The van der Waals surface area contributed by atoms with Gasteiger partial charge >= 0.3 is 0 Å². The maximum Gasteiger partial charge on any atom is 0.121 e. The van der Waals surface area contributed by atoms with Crippen molar-refractivity contribution in [3.8, 4) is 16.9 Å². The lowest BCUT2D eigenvalue weighted by molar-refractivity contribution is 0.414. The zero-order chi connectivity index (χ0) is 19.8. The van der Waals surface area contributed by atoms with Crippen molar-refractivity contribution in [1.29, 1.82) is 0 Å². The van der Waals surface area contributed by atoms with Crippen LogP contribution in [0.25, 0.3) is 11.1 Å². The van der Waals surface area contributed by atoms with Crippen molar-refractivity contribution in [2.45, 2.75) is 13.3 Å². The van der Waals surface area contributed by atoms with E-state index in [4.69, 9.17) is 39.5 Å². The van der Waals surface area contributed by atoms with Crippen molar-refractivity contribution in [1.82, 2.24) is 0 Å². The van der Waals surface area contributed by atoms with Gasteiger partial charge in [-0.3, -0.25) is 0 Å². The van der Waals surface area contributed by atoms with Gasteiger partial charge in [0, 0.05) is 28.9 Å². The molecule has 1 unspecified atom stereocenters. The van der Waals surface area contributed by atoms with Crippen LogP contribution in [0.3, 0.4) is 0 Å². The molecule has 0 aromatic heterocycles. The first-order chi connectivity index (χ1) is 13.5. The van der Waals surface area contributed by atoms with Gasteiger partial charge in [0.25, 0.3) is 0 Å². The van der Waals surface area contributed by atoms with Crippen LogP contribution in [0.4, 0.5) is 11.4 Å². The summed E-state index contributed by atoms with van der Waals surface area (Å²) in [5.74, 6) is 1.20. The fourth-order valence-electron chi connectivity index (χ4n) is 3.91. The monoisotopic (exact) mass is 431 g/mol. The Balaban J connectivity index is 1.99. The van der Waals surface area contributed by atoms with Crippen molar-refractivity contribution >= 4 is 46.2 Å². The second kappa shape index (κ2) is 7.87. The van der Waals surface area contributed by atoms with Crippen LogP contribution in [-0.4, -0.2) is 13.7 Å². The number of rotatable bonds is 3. The first kappa shape index (κ1) is 19.4. The SMILES string of the molecule is COc1cc(-c2ccccc2Cl)c2c(c1)N(c1c(Cl)cccc1Cl)CC(C)C2. The van der Waals surface area contributed by atoms with Crippen LogP contribution in [0.2, 0.25) is 15.1 Å². The van der Waals surface area contributed by atoms with Crippen LogP contribution in [0.5, 0.6) is 5.75 Å². The lowest BCUT2D eigenvalue weighted by atomic mass is 9.87. The highest BCUT2D eigenvalue weighted by atomic mass is 35.5. The van der Waals surface area contributed by atoms with Gasteiger partial charge < -0.3 is 9.64 Å². The van der Waals surface area contributed by atoms with Gasteiger partial charge in [-0.25, -0.2) is 0 Å². The fourth-order valence-corrected chi connectivity index (χ4v) is 4.74. The maximum atomic E-state index is 6.55. The molecule has 3 aromatic carbocycles. The number of anilines is 2. The van der Waals surface area contributed by atoms with Gasteiger partial charge in [-0.1, -0.05) is 66.0 Å². The van der Waals surface area contributed by atoms with E-state index >= 15 is 0 Å². The van der Waals surface area contributed by atoms with E-state index in [0.29, 0.717) is 16.0 Å². The third-order valence-corrected chi connectivity index (χ3v) is 6.08. The Morgan fingerprint density at radius 1 is 0.893 bits per heavy atom. The molecule has 0 saturated carbocycles. The number of hydrogen-bond acceptors (Lipinski definition) is 2. The molecule has 0 fully saturated rings. The Labute approximate surface area is 180 Å². The molecule has 144 valence electrons. The molecule has 0 aliphatic carbocycles. The molecule has 1 atom stereocenters. The predicted molar refractivity (Wildman–Crippen MR) is 120 cm³/mol. The molecular formula is C23H20Cl3NO. The van der Waals surface area contributed by atoms with Gasteiger partial charge in [0.2, 0.25) is 0 Å². The number of fused-ring (bicyclic) bond motifs is 1. The van der Waals surface area contributed by atoms with Crippen LogP contribution in [0, 0.1) is 5.92 Å². The molecule has 4 rings (SSSR count). The molecule has 1 aliphatic heterocycles. The number of nitrogens with zero attached hydrogens (tertiary/aromatic N) is 1. The van der Waals surface area contributed by atoms with Gasteiger partial charge in [-0.05, 0) is 47.7 Å². The standard InChI is InChI=1S/C23H20Cl3NO/c1-14-10-18-17(16-6-3-4-7-19(16)24)11-15(28-2)12-22(18)27(13-14)23-20(25)8-5-9-21(23)26/h3-9,11-12,14H,10,13H2,1-2H3. The minimum absolute atomic E-state index is 0.425. The predicted octanol–water partition coefficient (Wildman–Crippen LogP) is 7.65. The zero-order valence-corrected chi connectivity index (χ0v) is 17.9. The molecule has 1 heterocycles. The summed E-state index contributed by atoms with van der Waals surface area (Å²) >= 11 is 19.6. The van der Waals surface area contributed by atoms with E-state index in [0.717, 1.165) is 46.2 Å². The Hall–Kier alpha value is -1.87. The van der Waals surface area contributed by atoms with E-state index in [-0.39, 0.29) is 0 Å². The highest BCUT2D eigenvalue weighted by molar-refractivity contribution is 6.39. The third kappa shape index (κ3) is 3.45. The number of para-hydroxylation sites is 1. The molecule has 0 radical (unpaired) electrons. The van der Waals surface area contributed by atoms with Crippen LogP contribution in [0.1, 0.15) is 12.5 Å². The molecule has 1 aliphatic rings. The van der Waals surface area contributed by atoms with E-state index in [2.05, 4.69) is 24.0 Å². The third-order valence-electron chi connectivity index (χ3n) is 5.14. The lowest BCUT2D eigenvalue weighted by Gasteiger charge is -2.37. The summed E-state index contributed by atoms with van der Waals surface area (Å²) in [5, 5.41) is 1.99. The second-order valence-electron chi connectivity index (χ2n) is 7.14. The van der Waals surface area contributed by atoms with Crippen molar-refractivity contribution in [2.24, 2.45) is 5.92 Å². The Kier molecular flexibility index (Phi) is 5.46. The van der Waals surface area contributed by atoms with Gasteiger partial charge in [-0.15, -0.1) is 0 Å². The largest absolute Gasteiger partial charge is 0.497 e. The number of hydrogen-bond donors (Lipinski definition) is 0. The summed E-state index contributed by atoms with van der Waals surface area (Å²) in [6.07, 6.45) is 0.943. The molecule has 0 bridgehead atoms. The van der Waals surface area contributed by atoms with E-state index < -0.39 is 0 Å². The first-order valence-electron chi connectivity index (χ1n) is 9.17. The van der Waals surface area contributed by atoms with Crippen LogP contribution < -0.4 is 9.64 Å². The van der Waals surface area contributed by atoms with Gasteiger partial charge in [0.05, 0.1) is 22.8 Å². The zero-order valence-electron chi connectivity index (χ0n) is 15.7. The minimum atomic E-state index is 0.425. The fraction of sp³-hybridized carbons (Fsp3) is 0.217. The van der Waals surface area contributed by atoms with E-state index in [1.165, 1.54) is 5.56 Å². The Morgan fingerprint density at radius 2 is 1.57 bits per heavy atom. The molecular weight excluding hydrogens is 413 g/mol. The summed E-state index contributed by atoms with van der Waals surface area (Å²) in [6, 6.07) is 17.6. The quantitative estimate of drug-likeness (QED) is 0.421. The molecule has 0 saturated heterocycles. The molecule has 0 spiro atoms. The van der Waals surface area contributed by atoms with E-state index in [9.17, 15) is 0 Å². The highest BCUT2D eigenvalue weighted by Gasteiger charge is 2.29. The van der Waals surface area contributed by atoms with Gasteiger partial charge in [0.1, 0.15) is 5.75 Å². The molecule has 28 heavy (non-hydrogen) atoms. The molecule has 0 amide bonds. The van der Waals surface area contributed by atoms with Crippen molar-refractivity contribution in [3.63, 3.8) is 0 Å². The lowest BCUT2D eigenvalue weighted by Crippen LogP contribution is -2.31. The van der Waals surface area contributed by atoms with Crippen molar-refractivity contribution in [3.05, 3.63) is 75.2 Å². The molecule has 3 aromatic rings. The number of benzene rings is 3. The number of halogens is 3. The summed E-state index contributed by atoms with van der Waals surface area (Å²) in [4.78, 5) is 2.21. The maximum absolute atomic E-state index is 6.55. The average molecular weight is 433 g/mol. The molecule has 5 heteroatoms. The number of ether oxygens (including phenoxy) is 1. The van der Waals surface area contributed by atoms with Crippen LogP contribution >= 0.6 is 34.8 Å². The summed E-state index contributed by atoms with van der Waals surface area (Å²) in [6.45, 7) is 3.06. The molecule has 2 nitrogen and oxygen atoms in total. The summed E-state index contributed by atoms with van der Waals surface area (Å²) in [7, 11) is 1.68. The Morgan fingerprint density at radius 3 is 2.25 bits per heavy atom. The topological polar surface area (TPSA) is 12.5 Å². The van der Waals surface area contributed by atoms with Gasteiger partial charge in [-0.2, -0.15) is 0 Å². The summed E-state index contributed by atoms with van der Waals surface area (Å²) in [5.41, 5.74) is 5.20. The van der Waals surface area contributed by atoms with E-state index in [1.807, 2.05) is 42.5 Å². The Bertz CT molecular complexity index is 1010.